The maximum Gasteiger partial charge on any atom is 0.272 e. The van der Waals surface area contributed by atoms with Gasteiger partial charge < -0.3 is 9.47 Å². The maximum atomic E-state index is 12.7. The van der Waals surface area contributed by atoms with Crippen LogP contribution in [-0.4, -0.2) is 41.5 Å². The van der Waals surface area contributed by atoms with E-state index in [0.717, 1.165) is 19.3 Å². The summed E-state index contributed by atoms with van der Waals surface area (Å²) in [5, 5.41) is 2.83. The van der Waals surface area contributed by atoms with Crippen LogP contribution in [-0.2, 0) is 11.3 Å². The number of likely N-dealkylation sites (tertiary alicyclic amines) is 1. The molecule has 1 N–H and O–H groups in total. The van der Waals surface area contributed by atoms with Gasteiger partial charge in [0.1, 0.15) is 6.54 Å². The van der Waals surface area contributed by atoms with Crippen LogP contribution in [0.3, 0.4) is 0 Å². The van der Waals surface area contributed by atoms with Gasteiger partial charge in [0.25, 0.3) is 5.56 Å². The summed E-state index contributed by atoms with van der Waals surface area (Å²) in [6, 6.07) is 3.13. The molecule has 1 saturated heterocycles. The second-order valence-electron chi connectivity index (χ2n) is 6.01. The van der Waals surface area contributed by atoms with Crippen LogP contribution in [0.25, 0.3) is 5.65 Å². The Morgan fingerprint density at radius 3 is 3.12 bits per heavy atom. The van der Waals surface area contributed by atoms with Gasteiger partial charge in [-0.05, 0) is 19.3 Å². The summed E-state index contributed by atoms with van der Waals surface area (Å²) >= 11 is 0. The molecule has 24 heavy (non-hydrogen) atoms. The van der Waals surface area contributed by atoms with Crippen molar-refractivity contribution in [3.8, 4) is 0 Å². The first-order valence-corrected chi connectivity index (χ1v) is 8.05. The van der Waals surface area contributed by atoms with Gasteiger partial charge in [-0.1, -0.05) is 0 Å². The SMILES string of the molecule is O=C(Cn1ccnc1)N1CCCC[C@H]1c1cc(=O)n2[nH]ccc2n1. The smallest absolute Gasteiger partial charge is 0.272 e. The number of carbonyl (C=O) groups is 1. The molecule has 0 aromatic carbocycles. The summed E-state index contributed by atoms with van der Waals surface area (Å²) in [5.74, 6) is 0.0220. The van der Waals surface area contributed by atoms with Crippen molar-refractivity contribution in [1.29, 1.82) is 0 Å². The Bertz CT molecular complexity index is 910. The summed E-state index contributed by atoms with van der Waals surface area (Å²) < 4.78 is 3.15. The highest BCUT2D eigenvalue weighted by Crippen LogP contribution is 2.29. The van der Waals surface area contributed by atoms with Crippen LogP contribution in [0.4, 0.5) is 0 Å². The van der Waals surface area contributed by atoms with Gasteiger partial charge in [-0.25, -0.2) is 14.5 Å². The number of fused-ring (bicyclic) bond motifs is 1. The molecule has 1 atom stereocenters. The molecule has 1 amide bonds. The van der Waals surface area contributed by atoms with Gasteiger partial charge in [-0.15, -0.1) is 0 Å². The van der Waals surface area contributed by atoms with E-state index in [0.29, 0.717) is 17.9 Å². The fraction of sp³-hybridized carbons (Fsp3) is 0.375. The molecule has 3 aromatic rings. The Balaban J connectivity index is 1.65. The number of aromatic nitrogens is 5. The predicted octanol–water partition coefficient (Wildman–Crippen LogP) is 0.973. The Labute approximate surface area is 137 Å². The number of hydrogen-bond acceptors (Lipinski definition) is 4. The van der Waals surface area contributed by atoms with Gasteiger partial charge in [-0.2, -0.15) is 0 Å². The van der Waals surface area contributed by atoms with E-state index in [1.165, 1.54) is 10.6 Å². The molecule has 3 aromatic heterocycles. The molecule has 0 unspecified atom stereocenters. The molecule has 0 saturated carbocycles. The number of nitrogens with one attached hydrogen (secondary N) is 1. The zero-order valence-electron chi connectivity index (χ0n) is 13.1. The zero-order valence-corrected chi connectivity index (χ0v) is 13.1. The van der Waals surface area contributed by atoms with Gasteiger partial charge >= 0.3 is 0 Å². The average molecular weight is 326 g/mol. The van der Waals surface area contributed by atoms with Gasteiger partial charge in [0, 0.05) is 37.3 Å². The lowest BCUT2D eigenvalue weighted by molar-refractivity contribution is -0.135. The predicted molar refractivity (Wildman–Crippen MR) is 86.3 cm³/mol. The van der Waals surface area contributed by atoms with E-state index in [1.54, 1.807) is 35.6 Å². The Hall–Kier alpha value is -2.90. The van der Waals surface area contributed by atoms with Crippen molar-refractivity contribution in [2.24, 2.45) is 0 Å². The van der Waals surface area contributed by atoms with Crippen LogP contribution in [0.2, 0.25) is 0 Å². The van der Waals surface area contributed by atoms with Crippen molar-refractivity contribution in [2.75, 3.05) is 6.54 Å². The first-order valence-electron chi connectivity index (χ1n) is 8.05. The lowest BCUT2D eigenvalue weighted by Crippen LogP contribution is -2.41. The number of H-pyrrole nitrogens is 1. The molecule has 8 heteroatoms. The number of amides is 1. The highest BCUT2D eigenvalue weighted by atomic mass is 16.2. The van der Waals surface area contributed by atoms with E-state index in [-0.39, 0.29) is 24.1 Å². The normalized spacial score (nSPS) is 18.2. The van der Waals surface area contributed by atoms with Crippen LogP contribution in [0.5, 0.6) is 0 Å². The molecular formula is C16H18N6O2. The molecule has 124 valence electrons. The minimum Gasteiger partial charge on any atom is -0.333 e. The lowest BCUT2D eigenvalue weighted by Gasteiger charge is -2.35. The van der Waals surface area contributed by atoms with Gasteiger partial charge in [0.15, 0.2) is 5.65 Å². The number of imidazole rings is 1. The van der Waals surface area contributed by atoms with Crippen LogP contribution in [0, 0.1) is 0 Å². The van der Waals surface area contributed by atoms with Crippen LogP contribution in [0.1, 0.15) is 31.0 Å². The zero-order chi connectivity index (χ0) is 16.5. The Kier molecular flexibility index (Phi) is 3.64. The monoisotopic (exact) mass is 326 g/mol. The first-order chi connectivity index (χ1) is 11.7. The summed E-state index contributed by atoms with van der Waals surface area (Å²) in [6.45, 7) is 0.939. The first kappa shape index (κ1) is 14.7. The van der Waals surface area contributed by atoms with Crippen molar-refractivity contribution in [1.82, 2.24) is 29.0 Å². The van der Waals surface area contributed by atoms with Crippen molar-refractivity contribution >= 4 is 11.6 Å². The van der Waals surface area contributed by atoms with Crippen LogP contribution in [0.15, 0.2) is 41.8 Å². The second-order valence-corrected chi connectivity index (χ2v) is 6.01. The highest BCUT2D eigenvalue weighted by molar-refractivity contribution is 5.76. The molecule has 4 heterocycles. The topological polar surface area (TPSA) is 88.3 Å². The molecule has 8 nitrogen and oxygen atoms in total. The molecule has 0 aliphatic carbocycles. The molecule has 0 bridgehead atoms. The number of nitrogens with zero attached hydrogens (tertiary/aromatic N) is 5. The van der Waals surface area contributed by atoms with Gasteiger partial charge in [-0.3, -0.25) is 14.7 Å². The molecular weight excluding hydrogens is 308 g/mol. The van der Waals surface area contributed by atoms with Crippen LogP contribution < -0.4 is 5.56 Å². The Morgan fingerprint density at radius 2 is 2.29 bits per heavy atom. The summed E-state index contributed by atoms with van der Waals surface area (Å²) in [6.07, 6.45) is 9.55. The summed E-state index contributed by atoms with van der Waals surface area (Å²) in [7, 11) is 0. The third-order valence-corrected chi connectivity index (χ3v) is 4.44. The second kappa shape index (κ2) is 5.95. The third kappa shape index (κ3) is 2.60. The minimum atomic E-state index is -0.160. The summed E-state index contributed by atoms with van der Waals surface area (Å²) in [4.78, 5) is 35.3. The number of carbonyl (C=O) groups excluding carboxylic acids is 1. The average Bonchev–Trinajstić information content (AvgIpc) is 3.26. The van der Waals surface area contributed by atoms with E-state index >= 15 is 0 Å². The number of piperidine rings is 1. The fourth-order valence-electron chi connectivity index (χ4n) is 3.28. The Morgan fingerprint density at radius 1 is 1.38 bits per heavy atom. The quantitative estimate of drug-likeness (QED) is 0.777. The molecule has 1 aliphatic heterocycles. The lowest BCUT2D eigenvalue weighted by atomic mass is 9.99. The highest BCUT2D eigenvalue weighted by Gasteiger charge is 2.29. The third-order valence-electron chi connectivity index (χ3n) is 4.44. The molecule has 0 spiro atoms. The van der Waals surface area contributed by atoms with Crippen molar-refractivity contribution in [3.63, 3.8) is 0 Å². The van der Waals surface area contributed by atoms with E-state index in [4.69, 9.17) is 0 Å². The van der Waals surface area contributed by atoms with E-state index in [1.807, 2.05) is 4.90 Å². The summed E-state index contributed by atoms with van der Waals surface area (Å²) in [5.41, 5.74) is 1.08. The maximum absolute atomic E-state index is 12.7. The number of hydrogen-bond donors (Lipinski definition) is 1. The largest absolute Gasteiger partial charge is 0.333 e. The molecule has 1 fully saturated rings. The van der Waals surface area contributed by atoms with Crippen molar-refractivity contribution in [3.05, 3.63) is 53.1 Å². The van der Waals surface area contributed by atoms with E-state index in [2.05, 4.69) is 15.1 Å². The van der Waals surface area contributed by atoms with Gasteiger partial charge in [0.05, 0.1) is 18.1 Å². The fourth-order valence-corrected chi connectivity index (χ4v) is 3.28. The van der Waals surface area contributed by atoms with Crippen molar-refractivity contribution in [2.45, 2.75) is 31.8 Å². The van der Waals surface area contributed by atoms with Crippen LogP contribution >= 0.6 is 0 Å². The number of rotatable bonds is 3. The van der Waals surface area contributed by atoms with Gasteiger partial charge in [0.2, 0.25) is 5.91 Å². The minimum absolute atomic E-state index is 0.0220. The molecule has 1 aliphatic rings. The molecule has 4 rings (SSSR count). The van der Waals surface area contributed by atoms with Crippen molar-refractivity contribution < 1.29 is 4.79 Å². The standard InChI is InChI=1S/C16H18N6O2/c23-15-9-12(19-14-4-5-18-22(14)15)13-3-1-2-7-21(13)16(24)10-20-8-6-17-11-20/h4-6,8-9,11,13,18H,1-3,7,10H2/t13-/m0/s1. The number of aromatic amines is 1. The van der Waals surface area contributed by atoms with E-state index in [9.17, 15) is 9.59 Å². The molecule has 0 radical (unpaired) electrons. The van der Waals surface area contributed by atoms with E-state index < -0.39 is 0 Å².